The van der Waals surface area contributed by atoms with Crippen LogP contribution in [-0.4, -0.2) is 74.6 Å². The highest BCUT2D eigenvalue weighted by atomic mass is 32.1. The number of hydrogen-bond acceptors (Lipinski definition) is 7. The molecule has 0 unspecified atom stereocenters. The Hall–Kier alpha value is -3.96. The molecule has 1 aliphatic heterocycles. The number of fused-ring (bicyclic) bond motifs is 3. The number of anilines is 1. The fourth-order valence-electron chi connectivity index (χ4n) is 5.55. The SMILES string of the molecule is CC(=O)Nc1nc2c(s1)-c1c(c(-c3cccnc3)nn1-c1ccc(C(=O)N(C)C3CCN(C)CC3)cc1F)CC2. The second-order valence-corrected chi connectivity index (χ2v) is 11.4. The summed E-state index contributed by atoms with van der Waals surface area (Å²) in [4.78, 5) is 38.7. The Labute approximate surface area is 235 Å². The van der Waals surface area contributed by atoms with Gasteiger partial charge in [-0.15, -0.1) is 0 Å². The number of piperidine rings is 1. The minimum atomic E-state index is -0.538. The van der Waals surface area contributed by atoms with E-state index in [9.17, 15) is 9.59 Å². The van der Waals surface area contributed by atoms with Crippen LogP contribution < -0.4 is 5.32 Å². The zero-order valence-electron chi connectivity index (χ0n) is 22.6. The minimum Gasteiger partial charge on any atom is -0.339 e. The third-order valence-electron chi connectivity index (χ3n) is 7.70. The smallest absolute Gasteiger partial charge is 0.253 e. The Bertz CT molecular complexity index is 1590. The maximum absolute atomic E-state index is 15.9. The number of likely N-dealkylation sites (tertiary alicyclic amines) is 1. The van der Waals surface area contributed by atoms with Crippen molar-refractivity contribution in [2.75, 3.05) is 32.5 Å². The third-order valence-corrected chi connectivity index (χ3v) is 8.72. The molecule has 11 heteroatoms. The summed E-state index contributed by atoms with van der Waals surface area (Å²) in [6.45, 7) is 3.31. The molecule has 40 heavy (non-hydrogen) atoms. The summed E-state index contributed by atoms with van der Waals surface area (Å²) >= 11 is 1.35. The van der Waals surface area contributed by atoms with Crippen LogP contribution >= 0.6 is 11.3 Å². The van der Waals surface area contributed by atoms with Gasteiger partial charge in [0.1, 0.15) is 11.5 Å². The Kier molecular flexibility index (Phi) is 6.93. The van der Waals surface area contributed by atoms with Gasteiger partial charge in [-0.1, -0.05) is 11.3 Å². The number of halogens is 1. The lowest BCUT2D eigenvalue weighted by Gasteiger charge is -2.35. The molecule has 1 aliphatic carbocycles. The minimum absolute atomic E-state index is 0.133. The first-order valence-corrected chi connectivity index (χ1v) is 14.2. The van der Waals surface area contributed by atoms with Gasteiger partial charge in [0.25, 0.3) is 5.91 Å². The van der Waals surface area contributed by atoms with Gasteiger partial charge in [-0.2, -0.15) is 5.10 Å². The third kappa shape index (κ3) is 4.79. The molecule has 4 heterocycles. The van der Waals surface area contributed by atoms with E-state index in [1.807, 2.05) is 12.1 Å². The molecule has 0 atom stereocenters. The molecule has 9 nitrogen and oxygen atoms in total. The lowest BCUT2D eigenvalue weighted by atomic mass is 9.95. The molecule has 2 aliphatic rings. The van der Waals surface area contributed by atoms with E-state index in [2.05, 4.69) is 27.2 Å². The van der Waals surface area contributed by atoms with Crippen molar-refractivity contribution in [3.63, 3.8) is 0 Å². The van der Waals surface area contributed by atoms with E-state index in [-0.39, 0.29) is 23.5 Å². The summed E-state index contributed by atoms with van der Waals surface area (Å²) in [5.74, 6) is -0.931. The fraction of sp³-hybridized carbons (Fsp3) is 0.345. The van der Waals surface area contributed by atoms with Crippen LogP contribution in [0.4, 0.5) is 9.52 Å². The van der Waals surface area contributed by atoms with Gasteiger partial charge < -0.3 is 15.1 Å². The number of nitrogens with zero attached hydrogens (tertiary/aromatic N) is 6. The molecule has 3 aromatic heterocycles. The molecule has 1 aromatic carbocycles. The van der Waals surface area contributed by atoms with Gasteiger partial charge in [0, 0.05) is 49.1 Å². The van der Waals surface area contributed by atoms with Crippen molar-refractivity contribution in [2.45, 2.75) is 38.6 Å². The van der Waals surface area contributed by atoms with Crippen molar-refractivity contribution in [1.29, 1.82) is 0 Å². The fourth-order valence-corrected chi connectivity index (χ4v) is 6.66. The Balaban J connectivity index is 1.41. The first kappa shape index (κ1) is 26.3. The van der Waals surface area contributed by atoms with Gasteiger partial charge >= 0.3 is 0 Å². The molecule has 1 saturated heterocycles. The molecule has 206 valence electrons. The van der Waals surface area contributed by atoms with Crippen LogP contribution in [0, 0.1) is 5.82 Å². The predicted octanol–water partition coefficient (Wildman–Crippen LogP) is 4.42. The standard InChI is InChI=1S/C29H30FN7O2S/c1-17(38)32-29-33-23-8-7-21-25(19-5-4-12-31-16-19)34-37(26(21)27(23)40-29)24-9-6-18(15-22(24)30)28(39)36(3)20-10-13-35(2)14-11-20/h4-6,9,12,15-16,20H,7-8,10-11,13-14H2,1-3H3,(H,32,33,38). The van der Waals surface area contributed by atoms with Crippen LogP contribution in [0.5, 0.6) is 0 Å². The molecule has 1 fully saturated rings. The summed E-state index contributed by atoms with van der Waals surface area (Å²) in [5, 5.41) is 8.15. The number of hydrogen-bond donors (Lipinski definition) is 1. The molecule has 6 rings (SSSR count). The highest BCUT2D eigenvalue weighted by Crippen LogP contribution is 2.44. The zero-order chi connectivity index (χ0) is 28.0. The van der Waals surface area contributed by atoms with Gasteiger partial charge in [0.2, 0.25) is 5.91 Å². The quantitative estimate of drug-likeness (QED) is 0.389. The van der Waals surface area contributed by atoms with Gasteiger partial charge in [-0.25, -0.2) is 14.1 Å². The Morgan fingerprint density at radius 3 is 2.67 bits per heavy atom. The zero-order valence-corrected chi connectivity index (χ0v) is 23.5. The summed E-state index contributed by atoms with van der Waals surface area (Å²) in [7, 11) is 3.88. The van der Waals surface area contributed by atoms with Crippen LogP contribution in [0.25, 0.3) is 27.5 Å². The van der Waals surface area contributed by atoms with Gasteiger partial charge in [-0.05, 0) is 76.2 Å². The van der Waals surface area contributed by atoms with E-state index >= 15 is 4.39 Å². The molecule has 0 spiro atoms. The highest BCUT2D eigenvalue weighted by molar-refractivity contribution is 7.19. The highest BCUT2D eigenvalue weighted by Gasteiger charge is 2.31. The van der Waals surface area contributed by atoms with Gasteiger partial charge in [0.15, 0.2) is 5.13 Å². The maximum atomic E-state index is 15.9. The van der Waals surface area contributed by atoms with E-state index in [0.717, 1.165) is 59.0 Å². The average Bonchev–Trinajstić information content (AvgIpc) is 3.53. The number of thiazole rings is 1. The Morgan fingerprint density at radius 1 is 1.18 bits per heavy atom. The summed E-state index contributed by atoms with van der Waals surface area (Å²) in [6.07, 6.45) is 6.58. The van der Waals surface area contributed by atoms with Crippen molar-refractivity contribution in [2.24, 2.45) is 0 Å². The van der Waals surface area contributed by atoms with E-state index in [0.29, 0.717) is 23.5 Å². The molecule has 0 saturated carbocycles. The predicted molar refractivity (Wildman–Crippen MR) is 152 cm³/mol. The number of pyridine rings is 1. The van der Waals surface area contributed by atoms with Crippen molar-refractivity contribution < 1.29 is 14.0 Å². The van der Waals surface area contributed by atoms with Crippen LogP contribution in [0.1, 0.15) is 41.4 Å². The summed E-state index contributed by atoms with van der Waals surface area (Å²) < 4.78 is 17.5. The molecule has 4 aromatic rings. The summed E-state index contributed by atoms with van der Waals surface area (Å²) in [5.41, 5.74) is 4.67. The number of benzene rings is 1. The van der Waals surface area contributed by atoms with Crippen LogP contribution in [0.15, 0.2) is 42.7 Å². The first-order valence-electron chi connectivity index (χ1n) is 13.4. The van der Waals surface area contributed by atoms with Gasteiger partial charge in [-0.3, -0.25) is 14.6 Å². The number of carbonyl (C=O) groups is 2. The van der Waals surface area contributed by atoms with Crippen LogP contribution in [-0.2, 0) is 17.6 Å². The van der Waals surface area contributed by atoms with E-state index < -0.39 is 5.82 Å². The number of carbonyl (C=O) groups excluding carboxylic acids is 2. The monoisotopic (exact) mass is 559 g/mol. The molecule has 2 amide bonds. The molecule has 1 N–H and O–H groups in total. The van der Waals surface area contributed by atoms with Crippen molar-refractivity contribution in [1.82, 2.24) is 29.5 Å². The lowest BCUT2D eigenvalue weighted by molar-refractivity contribution is -0.114. The number of nitrogens with one attached hydrogen (secondary N) is 1. The first-order chi connectivity index (χ1) is 19.3. The lowest BCUT2D eigenvalue weighted by Crippen LogP contribution is -2.44. The van der Waals surface area contributed by atoms with E-state index in [1.165, 1.54) is 24.3 Å². The maximum Gasteiger partial charge on any atom is 0.253 e. The normalized spacial score (nSPS) is 15.4. The molecule has 0 bridgehead atoms. The molecular formula is C29H30FN7O2S. The van der Waals surface area contributed by atoms with E-state index in [4.69, 9.17) is 5.10 Å². The topological polar surface area (TPSA) is 96.2 Å². The Morgan fingerprint density at radius 2 is 1.98 bits per heavy atom. The number of rotatable bonds is 5. The largest absolute Gasteiger partial charge is 0.339 e. The molecule has 0 radical (unpaired) electrons. The summed E-state index contributed by atoms with van der Waals surface area (Å²) in [6, 6.07) is 8.51. The number of aryl methyl sites for hydroxylation is 1. The van der Waals surface area contributed by atoms with Crippen molar-refractivity contribution in [3.05, 3.63) is 65.4 Å². The average molecular weight is 560 g/mol. The number of aromatic nitrogens is 4. The van der Waals surface area contributed by atoms with Gasteiger partial charge in [0.05, 0.1) is 22.0 Å². The number of amides is 2. The molecular weight excluding hydrogens is 529 g/mol. The van der Waals surface area contributed by atoms with E-state index in [1.54, 1.807) is 41.2 Å². The van der Waals surface area contributed by atoms with Crippen LogP contribution in [0.2, 0.25) is 0 Å². The second kappa shape index (κ2) is 10.5. The van der Waals surface area contributed by atoms with Crippen LogP contribution in [0.3, 0.4) is 0 Å². The van der Waals surface area contributed by atoms with Crippen molar-refractivity contribution in [3.8, 4) is 27.5 Å². The van der Waals surface area contributed by atoms with Crippen molar-refractivity contribution >= 4 is 28.3 Å². The second-order valence-electron chi connectivity index (χ2n) is 10.4.